The van der Waals surface area contributed by atoms with Gasteiger partial charge in [0.25, 0.3) is 11.8 Å². The van der Waals surface area contributed by atoms with E-state index in [1.807, 2.05) is 20.8 Å². The molecule has 0 aliphatic carbocycles. The number of fused-ring (bicyclic) bond motifs is 1. The van der Waals surface area contributed by atoms with Crippen LogP contribution in [0.5, 0.6) is 0 Å². The van der Waals surface area contributed by atoms with E-state index in [0.29, 0.717) is 10.6 Å². The van der Waals surface area contributed by atoms with Crippen molar-refractivity contribution in [2.75, 3.05) is 10.7 Å². The number of benzene rings is 2. The smallest absolute Gasteiger partial charge is 0.250 e. The highest BCUT2D eigenvalue weighted by atomic mass is 35.5. The lowest BCUT2D eigenvalue weighted by Crippen LogP contribution is -2.50. The van der Waals surface area contributed by atoms with Crippen LogP contribution >= 0.6 is 11.6 Å². The molecule has 0 radical (unpaired) electrons. The van der Waals surface area contributed by atoms with Crippen LogP contribution in [0, 0.1) is 5.82 Å². The summed E-state index contributed by atoms with van der Waals surface area (Å²) in [5.74, 6) is -2.64. The number of rotatable bonds is 5. The second-order valence-electron chi connectivity index (χ2n) is 9.77. The van der Waals surface area contributed by atoms with Gasteiger partial charge in [-0.2, -0.15) is 0 Å². The zero-order chi connectivity index (χ0) is 27.1. The van der Waals surface area contributed by atoms with Crippen LogP contribution in [0.25, 0.3) is 11.5 Å². The van der Waals surface area contributed by atoms with Gasteiger partial charge >= 0.3 is 0 Å². The Hall–Kier alpha value is -3.31. The summed E-state index contributed by atoms with van der Waals surface area (Å²) in [5, 5.41) is 10.9. The highest BCUT2D eigenvalue weighted by Gasteiger charge is 2.40. The van der Waals surface area contributed by atoms with Crippen molar-refractivity contribution in [3.63, 3.8) is 0 Å². The molecule has 1 aliphatic heterocycles. The van der Waals surface area contributed by atoms with Crippen LogP contribution in [-0.4, -0.2) is 42.2 Å². The van der Waals surface area contributed by atoms with E-state index in [0.717, 1.165) is 6.07 Å². The summed E-state index contributed by atoms with van der Waals surface area (Å²) in [6, 6.07) is 7.36. The molecule has 12 heteroatoms. The van der Waals surface area contributed by atoms with Gasteiger partial charge in [0.05, 0.1) is 28.4 Å². The minimum Gasteiger partial charge on any atom is -0.420 e. The Labute approximate surface area is 218 Å². The fourth-order valence-electron chi connectivity index (χ4n) is 3.83. The van der Waals surface area contributed by atoms with E-state index in [2.05, 4.69) is 15.5 Å². The Morgan fingerprint density at radius 1 is 1.22 bits per heavy atom. The second-order valence-corrected chi connectivity index (χ2v) is 12.2. The highest BCUT2D eigenvalue weighted by Crippen LogP contribution is 2.37. The molecular formula is C25H26ClFN4O5S. The van der Waals surface area contributed by atoms with Gasteiger partial charge in [-0.1, -0.05) is 51.4 Å². The Morgan fingerprint density at radius 3 is 2.49 bits per heavy atom. The third-order valence-electron chi connectivity index (χ3n) is 5.83. The van der Waals surface area contributed by atoms with Gasteiger partial charge in [-0.05, 0) is 29.8 Å². The molecule has 1 aliphatic rings. The van der Waals surface area contributed by atoms with Gasteiger partial charge in [0.1, 0.15) is 11.9 Å². The van der Waals surface area contributed by atoms with Gasteiger partial charge in [0.15, 0.2) is 9.84 Å². The van der Waals surface area contributed by atoms with Gasteiger partial charge in [-0.15, -0.1) is 10.2 Å². The minimum absolute atomic E-state index is 0.0555. The lowest BCUT2D eigenvalue weighted by molar-refractivity contribution is -0.127. The number of hydrogen-bond acceptors (Lipinski definition) is 7. The van der Waals surface area contributed by atoms with Crippen LogP contribution in [0.4, 0.5) is 10.1 Å². The van der Waals surface area contributed by atoms with Crippen molar-refractivity contribution in [1.29, 1.82) is 0 Å². The number of amides is 2. The first-order valence-corrected chi connectivity index (χ1v) is 13.6. The predicted molar refractivity (Wildman–Crippen MR) is 135 cm³/mol. The number of nitrogens with zero attached hydrogens (tertiary/aromatic N) is 3. The maximum Gasteiger partial charge on any atom is 0.250 e. The van der Waals surface area contributed by atoms with E-state index >= 15 is 4.39 Å². The normalized spacial score (nSPS) is 17.3. The Bertz CT molecular complexity index is 1470. The molecule has 1 N–H and O–H groups in total. The van der Waals surface area contributed by atoms with Gasteiger partial charge in [-0.3, -0.25) is 9.59 Å². The molecule has 0 unspecified atom stereocenters. The van der Waals surface area contributed by atoms with E-state index < -0.39 is 44.7 Å². The van der Waals surface area contributed by atoms with Crippen molar-refractivity contribution in [2.24, 2.45) is 0 Å². The van der Waals surface area contributed by atoms with E-state index in [9.17, 15) is 18.0 Å². The summed E-state index contributed by atoms with van der Waals surface area (Å²) in [5.41, 5.74) is -0.0674. The lowest BCUT2D eigenvalue weighted by Gasteiger charge is -2.26. The number of sulfone groups is 1. The van der Waals surface area contributed by atoms with Crippen LogP contribution in [0.2, 0.25) is 5.02 Å². The quantitative estimate of drug-likeness (QED) is 0.510. The number of anilines is 1. The topological polar surface area (TPSA) is 122 Å². The molecule has 1 aromatic heterocycles. The first-order chi connectivity index (χ1) is 17.3. The third-order valence-corrected chi connectivity index (χ3v) is 7.85. The molecule has 1 atom stereocenters. The largest absolute Gasteiger partial charge is 0.420 e. The van der Waals surface area contributed by atoms with Crippen LogP contribution in [0.15, 0.2) is 45.7 Å². The Morgan fingerprint density at radius 2 is 1.89 bits per heavy atom. The molecule has 0 saturated heterocycles. The average Bonchev–Trinajstić information content (AvgIpc) is 3.31. The number of carbonyl (C=O) groups is 2. The van der Waals surface area contributed by atoms with Crippen molar-refractivity contribution in [3.05, 3.63) is 58.7 Å². The van der Waals surface area contributed by atoms with E-state index in [4.69, 9.17) is 16.0 Å². The van der Waals surface area contributed by atoms with E-state index in [1.165, 1.54) is 11.0 Å². The first kappa shape index (κ1) is 26.7. The molecule has 4 rings (SSSR count). The fraction of sp³-hybridized carbons (Fsp3) is 0.360. The average molecular weight is 549 g/mol. The third kappa shape index (κ3) is 5.52. The molecule has 0 saturated carbocycles. The summed E-state index contributed by atoms with van der Waals surface area (Å²) < 4.78 is 47.7. The number of halogens is 2. The van der Waals surface area contributed by atoms with E-state index in [1.54, 1.807) is 31.2 Å². The SMILES string of the molecule is CCC(=O)N[C@H]1CS(=O)(=O)c2cc(F)c(-c3nnc(C(C)(C)C)o3)cc2N(Cc2ccc(Cl)cc2)C1=O. The zero-order valence-electron chi connectivity index (χ0n) is 20.7. The molecule has 2 amide bonds. The summed E-state index contributed by atoms with van der Waals surface area (Å²) >= 11 is 5.99. The molecular weight excluding hydrogens is 523 g/mol. The summed E-state index contributed by atoms with van der Waals surface area (Å²) in [4.78, 5) is 26.6. The maximum absolute atomic E-state index is 15.3. The molecule has 2 heterocycles. The standard InChI is InChI=1S/C25H26ClFN4O5S/c1-5-21(32)28-18-13-37(34,35)20-11-17(27)16(22-29-30-24(36-22)25(2,3)4)10-19(20)31(23(18)33)12-14-6-8-15(26)9-7-14/h6-11,18H,5,12-13H2,1-4H3,(H,28,32)/t18-/m0/s1. The zero-order valence-corrected chi connectivity index (χ0v) is 22.3. The lowest BCUT2D eigenvalue weighted by atomic mass is 9.97. The van der Waals surface area contributed by atoms with Gasteiger partial charge in [-0.25, -0.2) is 12.8 Å². The van der Waals surface area contributed by atoms with Crippen LogP contribution in [-0.2, 0) is 31.4 Å². The fourth-order valence-corrected chi connectivity index (χ4v) is 5.57. The summed E-state index contributed by atoms with van der Waals surface area (Å²) in [6.45, 7) is 7.08. The minimum atomic E-state index is -4.19. The highest BCUT2D eigenvalue weighted by molar-refractivity contribution is 7.91. The number of hydrogen-bond donors (Lipinski definition) is 1. The molecule has 3 aromatic rings. The van der Waals surface area contributed by atoms with Crippen molar-refractivity contribution < 1.29 is 26.8 Å². The van der Waals surface area contributed by atoms with Crippen molar-refractivity contribution >= 4 is 38.9 Å². The predicted octanol–water partition coefficient (Wildman–Crippen LogP) is 4.04. The van der Waals surface area contributed by atoms with Crippen LogP contribution in [0.1, 0.15) is 45.6 Å². The summed E-state index contributed by atoms with van der Waals surface area (Å²) in [7, 11) is -4.19. The molecule has 2 aromatic carbocycles. The van der Waals surface area contributed by atoms with Gasteiger partial charge in [0.2, 0.25) is 11.8 Å². The Balaban J connectivity index is 1.90. The van der Waals surface area contributed by atoms with Crippen molar-refractivity contribution in [3.8, 4) is 11.5 Å². The van der Waals surface area contributed by atoms with Crippen molar-refractivity contribution in [2.45, 2.75) is 57.0 Å². The van der Waals surface area contributed by atoms with Crippen molar-refractivity contribution in [1.82, 2.24) is 15.5 Å². The molecule has 9 nitrogen and oxygen atoms in total. The van der Waals surface area contributed by atoms with Crippen LogP contribution in [0.3, 0.4) is 0 Å². The molecule has 37 heavy (non-hydrogen) atoms. The Kier molecular flexibility index (Phi) is 7.13. The maximum atomic E-state index is 15.3. The van der Waals surface area contributed by atoms with Gasteiger partial charge < -0.3 is 14.6 Å². The summed E-state index contributed by atoms with van der Waals surface area (Å²) in [6.07, 6.45) is 0.0556. The molecule has 0 spiro atoms. The monoisotopic (exact) mass is 548 g/mol. The van der Waals surface area contributed by atoms with Crippen LogP contribution < -0.4 is 10.2 Å². The molecule has 0 bridgehead atoms. The van der Waals surface area contributed by atoms with Gasteiger partial charge in [0, 0.05) is 16.9 Å². The number of aromatic nitrogens is 2. The number of carbonyl (C=O) groups excluding carboxylic acids is 2. The second kappa shape index (κ2) is 9.86. The van der Waals surface area contributed by atoms with E-state index in [-0.39, 0.29) is 40.9 Å². The molecule has 0 fully saturated rings. The molecule has 196 valence electrons. The first-order valence-electron chi connectivity index (χ1n) is 11.6. The number of nitrogens with one attached hydrogen (secondary N) is 1.